The molecule has 1 aliphatic rings. The highest BCUT2D eigenvalue weighted by molar-refractivity contribution is 5.97. The maximum atomic E-state index is 12.6. The molecule has 5 N–H and O–H groups in total. The van der Waals surface area contributed by atoms with Gasteiger partial charge < -0.3 is 30.7 Å². The third-order valence-electron chi connectivity index (χ3n) is 6.75. The summed E-state index contributed by atoms with van der Waals surface area (Å²) in [5.74, 6) is -0.469. The Morgan fingerprint density at radius 2 is 1.63 bits per heavy atom. The van der Waals surface area contributed by atoms with Crippen LogP contribution in [0.2, 0.25) is 0 Å². The van der Waals surface area contributed by atoms with Gasteiger partial charge in [0.15, 0.2) is 0 Å². The molecule has 3 aromatic carbocycles. The molecule has 10 nitrogen and oxygen atoms in total. The SMILES string of the molecule is O=C(CNCCO)Nc1cccc(C(=O)NCCN2CCC(OC(=O)Nc3ccccc3-c3ccccc3)CC2)c1. The summed E-state index contributed by atoms with van der Waals surface area (Å²) in [6, 6.07) is 24.3. The first-order valence-corrected chi connectivity index (χ1v) is 13.9. The highest BCUT2D eigenvalue weighted by atomic mass is 16.6. The molecule has 0 spiro atoms. The monoisotopic (exact) mass is 559 g/mol. The molecule has 1 heterocycles. The van der Waals surface area contributed by atoms with Crippen molar-refractivity contribution in [1.82, 2.24) is 15.5 Å². The van der Waals surface area contributed by atoms with E-state index in [1.54, 1.807) is 24.3 Å². The number of aliphatic hydroxyl groups is 1. The molecular weight excluding hydrogens is 522 g/mol. The van der Waals surface area contributed by atoms with E-state index in [0.29, 0.717) is 36.6 Å². The summed E-state index contributed by atoms with van der Waals surface area (Å²) in [5.41, 5.74) is 3.65. The molecule has 1 saturated heterocycles. The van der Waals surface area contributed by atoms with Gasteiger partial charge in [0.05, 0.1) is 18.8 Å². The number of anilines is 2. The number of nitrogens with zero attached hydrogens (tertiary/aromatic N) is 1. The quantitative estimate of drug-likeness (QED) is 0.215. The fraction of sp³-hybridized carbons (Fsp3) is 0.323. The lowest BCUT2D eigenvalue weighted by molar-refractivity contribution is -0.115. The molecule has 0 unspecified atom stereocenters. The summed E-state index contributed by atoms with van der Waals surface area (Å²) in [5, 5.41) is 20.2. The van der Waals surface area contributed by atoms with E-state index in [2.05, 4.69) is 26.2 Å². The second-order valence-corrected chi connectivity index (χ2v) is 9.77. The maximum absolute atomic E-state index is 12.6. The molecule has 1 fully saturated rings. The largest absolute Gasteiger partial charge is 0.446 e. The zero-order valence-corrected chi connectivity index (χ0v) is 23.0. The summed E-state index contributed by atoms with van der Waals surface area (Å²) >= 11 is 0. The van der Waals surface area contributed by atoms with Crippen molar-refractivity contribution in [2.45, 2.75) is 18.9 Å². The lowest BCUT2D eigenvalue weighted by atomic mass is 10.0. The van der Waals surface area contributed by atoms with Gasteiger partial charge in [0.1, 0.15) is 6.10 Å². The molecule has 10 heteroatoms. The van der Waals surface area contributed by atoms with E-state index in [-0.39, 0.29) is 31.1 Å². The van der Waals surface area contributed by atoms with Crippen LogP contribution in [0, 0.1) is 0 Å². The molecule has 1 aliphatic heterocycles. The molecule has 41 heavy (non-hydrogen) atoms. The number of aliphatic hydroxyl groups excluding tert-OH is 1. The van der Waals surface area contributed by atoms with Gasteiger partial charge in [0.25, 0.3) is 5.91 Å². The van der Waals surface area contributed by atoms with Crippen molar-refractivity contribution in [3.63, 3.8) is 0 Å². The number of hydrogen-bond donors (Lipinski definition) is 5. The van der Waals surface area contributed by atoms with Crippen molar-refractivity contribution >= 4 is 29.3 Å². The van der Waals surface area contributed by atoms with E-state index in [9.17, 15) is 14.4 Å². The first kappa shape index (κ1) is 29.7. The van der Waals surface area contributed by atoms with Gasteiger partial charge in [-0.05, 0) is 42.7 Å². The summed E-state index contributed by atoms with van der Waals surface area (Å²) in [7, 11) is 0. The minimum absolute atomic E-state index is 0.0447. The number of amides is 3. The third-order valence-corrected chi connectivity index (χ3v) is 6.75. The molecule has 3 amide bonds. The number of ether oxygens (including phenoxy) is 1. The number of hydrogen-bond acceptors (Lipinski definition) is 7. The van der Waals surface area contributed by atoms with Gasteiger partial charge in [-0.25, -0.2) is 4.79 Å². The molecule has 0 bridgehead atoms. The third kappa shape index (κ3) is 9.42. The predicted molar refractivity (Wildman–Crippen MR) is 159 cm³/mol. The van der Waals surface area contributed by atoms with Crippen molar-refractivity contribution in [3.8, 4) is 11.1 Å². The van der Waals surface area contributed by atoms with Crippen molar-refractivity contribution in [2.75, 3.05) is 56.5 Å². The van der Waals surface area contributed by atoms with E-state index in [1.807, 2.05) is 54.6 Å². The van der Waals surface area contributed by atoms with Crippen LogP contribution in [-0.2, 0) is 9.53 Å². The maximum Gasteiger partial charge on any atom is 0.411 e. The Bertz CT molecular complexity index is 1290. The number of nitrogens with one attached hydrogen (secondary N) is 4. The number of para-hydroxylation sites is 1. The first-order chi connectivity index (χ1) is 20.0. The van der Waals surface area contributed by atoms with Gasteiger partial charge in [-0.1, -0.05) is 54.6 Å². The zero-order chi connectivity index (χ0) is 28.9. The summed E-state index contributed by atoms with van der Waals surface area (Å²) < 4.78 is 5.71. The fourth-order valence-corrected chi connectivity index (χ4v) is 4.66. The van der Waals surface area contributed by atoms with Crippen LogP contribution < -0.4 is 21.3 Å². The molecular formula is C31H37N5O5. The van der Waals surface area contributed by atoms with E-state index < -0.39 is 6.09 Å². The summed E-state index contributed by atoms with van der Waals surface area (Å²) in [6.45, 7) is 3.05. The van der Waals surface area contributed by atoms with E-state index in [4.69, 9.17) is 9.84 Å². The van der Waals surface area contributed by atoms with Crippen LogP contribution in [0.15, 0.2) is 78.9 Å². The Morgan fingerprint density at radius 1 is 0.878 bits per heavy atom. The second kappa shape index (κ2) is 15.5. The highest BCUT2D eigenvalue weighted by Crippen LogP contribution is 2.28. The number of carbonyl (C=O) groups is 3. The fourth-order valence-electron chi connectivity index (χ4n) is 4.66. The van der Waals surface area contributed by atoms with Crippen LogP contribution >= 0.6 is 0 Å². The molecule has 0 aromatic heterocycles. The van der Waals surface area contributed by atoms with Crippen LogP contribution in [0.4, 0.5) is 16.2 Å². The first-order valence-electron chi connectivity index (χ1n) is 13.9. The molecule has 3 aromatic rings. The Kier molecular flexibility index (Phi) is 11.2. The molecule has 0 aliphatic carbocycles. The van der Waals surface area contributed by atoms with Gasteiger partial charge in [-0.15, -0.1) is 0 Å². The lowest BCUT2D eigenvalue weighted by Gasteiger charge is -2.31. The number of piperidine rings is 1. The Balaban J connectivity index is 1.16. The minimum Gasteiger partial charge on any atom is -0.446 e. The minimum atomic E-state index is -0.459. The van der Waals surface area contributed by atoms with E-state index >= 15 is 0 Å². The van der Waals surface area contributed by atoms with E-state index in [0.717, 1.165) is 37.1 Å². The second-order valence-electron chi connectivity index (χ2n) is 9.77. The number of carbonyl (C=O) groups excluding carboxylic acids is 3. The Morgan fingerprint density at radius 3 is 2.41 bits per heavy atom. The van der Waals surface area contributed by atoms with Gasteiger partial charge in [-0.3, -0.25) is 14.9 Å². The lowest BCUT2D eigenvalue weighted by Crippen LogP contribution is -2.42. The average molecular weight is 560 g/mol. The zero-order valence-electron chi connectivity index (χ0n) is 23.0. The van der Waals surface area contributed by atoms with Crippen LogP contribution in [0.3, 0.4) is 0 Å². The molecule has 216 valence electrons. The van der Waals surface area contributed by atoms with Gasteiger partial charge in [0.2, 0.25) is 5.91 Å². The van der Waals surface area contributed by atoms with Crippen LogP contribution in [-0.4, -0.2) is 79.9 Å². The van der Waals surface area contributed by atoms with Crippen molar-refractivity contribution in [3.05, 3.63) is 84.4 Å². The molecule has 0 saturated carbocycles. The number of likely N-dealkylation sites (tertiary alicyclic amines) is 1. The highest BCUT2D eigenvalue weighted by Gasteiger charge is 2.23. The van der Waals surface area contributed by atoms with Crippen LogP contribution in [0.1, 0.15) is 23.2 Å². The predicted octanol–water partition coefficient (Wildman–Crippen LogP) is 3.32. The molecule has 4 rings (SSSR count). The van der Waals surface area contributed by atoms with Crippen molar-refractivity contribution in [2.24, 2.45) is 0 Å². The average Bonchev–Trinajstić information content (AvgIpc) is 2.99. The van der Waals surface area contributed by atoms with Crippen LogP contribution in [0.25, 0.3) is 11.1 Å². The van der Waals surface area contributed by atoms with Crippen molar-refractivity contribution in [1.29, 1.82) is 0 Å². The normalized spacial score (nSPS) is 13.8. The van der Waals surface area contributed by atoms with Crippen molar-refractivity contribution < 1.29 is 24.2 Å². The Labute approximate surface area is 240 Å². The van der Waals surface area contributed by atoms with Gasteiger partial charge in [-0.2, -0.15) is 0 Å². The van der Waals surface area contributed by atoms with E-state index in [1.165, 1.54) is 0 Å². The van der Waals surface area contributed by atoms with Gasteiger partial charge in [0, 0.05) is 49.5 Å². The standard InChI is InChI=1S/C31H37N5O5/c37-20-16-32-22-29(38)34-25-10-6-9-24(21-25)30(39)33-15-19-36-17-13-26(14-18-36)41-31(40)35-28-12-5-4-11-27(28)23-7-2-1-3-8-23/h1-12,21,26,32,37H,13-20,22H2,(H,33,39)(H,34,38)(H,35,40). The molecule has 0 atom stereocenters. The smallest absolute Gasteiger partial charge is 0.411 e. The number of benzene rings is 3. The Hall–Kier alpha value is -4.25. The summed E-state index contributed by atoms with van der Waals surface area (Å²) in [6.07, 6.45) is 0.813. The topological polar surface area (TPSA) is 132 Å². The molecule has 0 radical (unpaired) electrons. The number of rotatable bonds is 12. The van der Waals surface area contributed by atoms with Crippen LogP contribution in [0.5, 0.6) is 0 Å². The van der Waals surface area contributed by atoms with Gasteiger partial charge >= 0.3 is 6.09 Å². The summed E-state index contributed by atoms with van der Waals surface area (Å²) in [4.78, 5) is 39.5.